The molecule has 0 spiro atoms. The molecule has 0 aliphatic carbocycles. The fourth-order valence-corrected chi connectivity index (χ4v) is 3.42. The van der Waals surface area contributed by atoms with Crippen LogP contribution in [-0.4, -0.2) is 10.2 Å². The van der Waals surface area contributed by atoms with Crippen molar-refractivity contribution in [1.29, 1.82) is 0 Å². The molecule has 0 N–H and O–H groups in total. The maximum atomic E-state index is 4.35. The van der Waals surface area contributed by atoms with Crippen LogP contribution in [0.25, 0.3) is 11.3 Å². The monoisotopic (exact) mass is 384 g/mol. The molecule has 0 saturated carbocycles. The highest BCUT2D eigenvalue weighted by Gasteiger charge is 2.04. The Morgan fingerprint density at radius 1 is 0.913 bits per heavy atom. The number of rotatable bonds is 4. The van der Waals surface area contributed by atoms with Crippen LogP contribution in [0.4, 0.5) is 0 Å². The van der Waals surface area contributed by atoms with Crippen LogP contribution in [-0.2, 0) is 5.75 Å². The van der Waals surface area contributed by atoms with Crippen molar-refractivity contribution < 1.29 is 0 Å². The molecule has 1 heterocycles. The van der Waals surface area contributed by atoms with Gasteiger partial charge in [0.25, 0.3) is 0 Å². The number of aromatic nitrogens is 2. The van der Waals surface area contributed by atoms with Gasteiger partial charge in [-0.05, 0) is 49.2 Å². The van der Waals surface area contributed by atoms with Gasteiger partial charge in [-0.25, -0.2) is 0 Å². The Kier molecular flexibility index (Phi) is 5.13. The average Bonchev–Trinajstić information content (AvgIpc) is 2.57. The van der Waals surface area contributed by atoms with Crippen LogP contribution in [0.15, 0.2) is 64.1 Å². The SMILES string of the molecule is Cc1ccc(C)c(CSc2ccc(-c3ccc(Br)cc3)nn2)c1. The number of benzene rings is 2. The van der Waals surface area contributed by atoms with E-state index in [1.165, 1.54) is 16.7 Å². The molecule has 0 atom stereocenters. The molecule has 0 amide bonds. The lowest BCUT2D eigenvalue weighted by Gasteiger charge is -2.07. The van der Waals surface area contributed by atoms with Crippen molar-refractivity contribution in [3.8, 4) is 11.3 Å². The normalized spacial score (nSPS) is 10.7. The average molecular weight is 385 g/mol. The molecule has 3 aromatic rings. The molecule has 2 nitrogen and oxygen atoms in total. The standard InChI is InChI=1S/C19H17BrN2S/c1-13-3-4-14(2)16(11-13)12-23-19-10-9-18(21-22-19)15-5-7-17(20)8-6-15/h3-11H,12H2,1-2H3. The molecule has 0 saturated heterocycles. The first-order valence-corrected chi connectivity index (χ1v) is 9.18. The maximum Gasteiger partial charge on any atom is 0.119 e. The minimum Gasteiger partial charge on any atom is -0.149 e. The summed E-state index contributed by atoms with van der Waals surface area (Å²) in [7, 11) is 0. The predicted molar refractivity (Wildman–Crippen MR) is 101 cm³/mol. The smallest absolute Gasteiger partial charge is 0.119 e. The highest BCUT2D eigenvalue weighted by Crippen LogP contribution is 2.25. The van der Waals surface area contributed by atoms with Crippen LogP contribution in [0, 0.1) is 13.8 Å². The first-order chi connectivity index (χ1) is 11.1. The Morgan fingerprint density at radius 3 is 2.39 bits per heavy atom. The number of aryl methyl sites for hydroxylation is 2. The third-order valence-corrected chi connectivity index (χ3v) is 5.16. The van der Waals surface area contributed by atoms with Crippen molar-refractivity contribution in [2.24, 2.45) is 0 Å². The second kappa shape index (κ2) is 7.28. The summed E-state index contributed by atoms with van der Waals surface area (Å²) >= 11 is 5.17. The number of hydrogen-bond acceptors (Lipinski definition) is 3. The minimum absolute atomic E-state index is 0.897. The summed E-state index contributed by atoms with van der Waals surface area (Å²) in [5, 5.41) is 9.64. The summed E-state index contributed by atoms with van der Waals surface area (Å²) in [6, 6.07) is 18.7. The maximum absolute atomic E-state index is 4.35. The number of halogens is 1. The van der Waals surface area contributed by atoms with Gasteiger partial charge in [0.15, 0.2) is 0 Å². The van der Waals surface area contributed by atoms with Crippen molar-refractivity contribution in [2.75, 3.05) is 0 Å². The zero-order valence-corrected chi connectivity index (χ0v) is 15.5. The van der Waals surface area contributed by atoms with Crippen LogP contribution in [0.3, 0.4) is 0 Å². The van der Waals surface area contributed by atoms with Crippen LogP contribution in [0.5, 0.6) is 0 Å². The molecule has 116 valence electrons. The summed E-state index contributed by atoms with van der Waals surface area (Å²) in [4.78, 5) is 0. The van der Waals surface area contributed by atoms with Gasteiger partial charge < -0.3 is 0 Å². The molecule has 1 aromatic heterocycles. The van der Waals surface area contributed by atoms with E-state index in [-0.39, 0.29) is 0 Å². The van der Waals surface area contributed by atoms with Crippen molar-refractivity contribution >= 4 is 27.7 Å². The van der Waals surface area contributed by atoms with Crippen LogP contribution >= 0.6 is 27.7 Å². The fourth-order valence-electron chi connectivity index (χ4n) is 2.28. The van der Waals surface area contributed by atoms with Gasteiger partial charge in [0.05, 0.1) is 5.69 Å². The van der Waals surface area contributed by atoms with E-state index >= 15 is 0 Å². The summed E-state index contributed by atoms with van der Waals surface area (Å²) in [6.07, 6.45) is 0. The molecule has 0 bridgehead atoms. The Labute approximate surface area is 149 Å². The minimum atomic E-state index is 0.897. The largest absolute Gasteiger partial charge is 0.149 e. The third kappa shape index (κ3) is 4.21. The quantitative estimate of drug-likeness (QED) is 0.530. The molecular formula is C19H17BrN2S. The molecule has 4 heteroatoms. The Morgan fingerprint density at radius 2 is 1.70 bits per heavy atom. The molecule has 0 radical (unpaired) electrons. The van der Waals surface area contributed by atoms with Gasteiger partial charge >= 0.3 is 0 Å². The van der Waals surface area contributed by atoms with Gasteiger partial charge in [-0.3, -0.25) is 0 Å². The van der Waals surface area contributed by atoms with Gasteiger partial charge in [-0.15, -0.1) is 10.2 Å². The number of hydrogen-bond donors (Lipinski definition) is 0. The first-order valence-electron chi connectivity index (χ1n) is 7.40. The van der Waals surface area contributed by atoms with E-state index in [0.29, 0.717) is 0 Å². The Bertz CT molecular complexity index is 799. The van der Waals surface area contributed by atoms with Gasteiger partial charge in [-0.2, -0.15) is 0 Å². The lowest BCUT2D eigenvalue weighted by molar-refractivity contribution is 0.935. The lowest BCUT2D eigenvalue weighted by atomic mass is 10.1. The van der Waals surface area contributed by atoms with Gasteiger partial charge in [-0.1, -0.05) is 63.6 Å². The second-order valence-electron chi connectivity index (χ2n) is 5.48. The molecule has 0 aliphatic heterocycles. The third-order valence-electron chi connectivity index (χ3n) is 3.66. The topological polar surface area (TPSA) is 25.8 Å². The van der Waals surface area contributed by atoms with Gasteiger partial charge in [0.2, 0.25) is 0 Å². The summed E-state index contributed by atoms with van der Waals surface area (Å²) in [5.41, 5.74) is 5.94. The second-order valence-corrected chi connectivity index (χ2v) is 7.39. The lowest BCUT2D eigenvalue weighted by Crippen LogP contribution is -1.91. The van der Waals surface area contributed by atoms with Crippen LogP contribution in [0.2, 0.25) is 0 Å². The van der Waals surface area contributed by atoms with E-state index < -0.39 is 0 Å². The zero-order valence-electron chi connectivity index (χ0n) is 13.1. The number of nitrogens with zero attached hydrogens (tertiary/aromatic N) is 2. The predicted octanol–water partition coefficient (Wildman–Crippen LogP) is 5.82. The van der Waals surface area contributed by atoms with Gasteiger partial charge in [0.1, 0.15) is 5.03 Å². The summed E-state index contributed by atoms with van der Waals surface area (Å²) < 4.78 is 1.06. The summed E-state index contributed by atoms with van der Waals surface area (Å²) in [5.74, 6) is 0.916. The van der Waals surface area contributed by atoms with E-state index in [1.807, 2.05) is 36.4 Å². The molecular weight excluding hydrogens is 368 g/mol. The zero-order chi connectivity index (χ0) is 16.2. The molecule has 0 fully saturated rings. The molecule has 0 unspecified atom stereocenters. The molecule has 3 rings (SSSR count). The molecule has 23 heavy (non-hydrogen) atoms. The van der Waals surface area contributed by atoms with E-state index in [2.05, 4.69) is 58.2 Å². The van der Waals surface area contributed by atoms with Gasteiger partial charge in [0, 0.05) is 15.8 Å². The van der Waals surface area contributed by atoms with Crippen molar-refractivity contribution in [3.63, 3.8) is 0 Å². The first kappa shape index (κ1) is 16.2. The fraction of sp³-hybridized carbons (Fsp3) is 0.158. The highest BCUT2D eigenvalue weighted by atomic mass is 79.9. The van der Waals surface area contributed by atoms with E-state index in [9.17, 15) is 0 Å². The van der Waals surface area contributed by atoms with E-state index in [0.717, 1.165) is 26.5 Å². The van der Waals surface area contributed by atoms with E-state index in [4.69, 9.17) is 0 Å². The Balaban J connectivity index is 1.70. The Hall–Kier alpha value is -1.65. The molecule has 2 aromatic carbocycles. The van der Waals surface area contributed by atoms with Crippen LogP contribution in [0.1, 0.15) is 16.7 Å². The van der Waals surface area contributed by atoms with Crippen LogP contribution < -0.4 is 0 Å². The van der Waals surface area contributed by atoms with Crippen molar-refractivity contribution in [3.05, 3.63) is 75.8 Å². The molecule has 0 aliphatic rings. The van der Waals surface area contributed by atoms with E-state index in [1.54, 1.807) is 11.8 Å². The van der Waals surface area contributed by atoms with Crippen molar-refractivity contribution in [1.82, 2.24) is 10.2 Å². The number of thioether (sulfide) groups is 1. The summed E-state index contributed by atoms with van der Waals surface area (Å²) in [6.45, 7) is 4.28. The van der Waals surface area contributed by atoms with Crippen molar-refractivity contribution in [2.45, 2.75) is 24.6 Å². The highest BCUT2D eigenvalue weighted by molar-refractivity contribution is 9.10.